The molecule has 7 heteroatoms. The number of amides is 1. The summed E-state index contributed by atoms with van der Waals surface area (Å²) >= 11 is 16.4. The van der Waals surface area contributed by atoms with E-state index in [9.17, 15) is 4.79 Å². The van der Waals surface area contributed by atoms with Crippen LogP contribution in [-0.2, 0) is 11.2 Å². The van der Waals surface area contributed by atoms with E-state index in [-0.39, 0.29) is 17.9 Å². The molecule has 3 aromatic rings. The topological polar surface area (TPSA) is 46.9 Å². The van der Waals surface area contributed by atoms with E-state index in [0.717, 1.165) is 51.9 Å². The Bertz CT molecular complexity index is 1220. The van der Waals surface area contributed by atoms with E-state index >= 15 is 0 Å². The summed E-state index contributed by atoms with van der Waals surface area (Å²) in [6.45, 7) is 2.16. The van der Waals surface area contributed by atoms with Gasteiger partial charge in [0.15, 0.2) is 0 Å². The predicted octanol–water partition coefficient (Wildman–Crippen LogP) is 8.11. The summed E-state index contributed by atoms with van der Waals surface area (Å²) in [5, 5.41) is 9.51. The zero-order valence-electron chi connectivity index (χ0n) is 19.9. The highest BCUT2D eigenvalue weighted by molar-refractivity contribution is 9.10. The van der Waals surface area contributed by atoms with Crippen LogP contribution < -0.4 is 5.32 Å². The Morgan fingerprint density at radius 1 is 1.06 bits per heavy atom. The van der Waals surface area contributed by atoms with Crippen LogP contribution in [0.5, 0.6) is 0 Å². The van der Waals surface area contributed by atoms with Crippen molar-refractivity contribution in [3.63, 3.8) is 0 Å². The smallest absolute Gasteiger partial charge is 0.229 e. The lowest BCUT2D eigenvalue weighted by Crippen LogP contribution is -2.42. The second-order valence-electron chi connectivity index (χ2n) is 9.87. The van der Waals surface area contributed by atoms with E-state index in [1.807, 2.05) is 28.9 Å². The van der Waals surface area contributed by atoms with E-state index in [2.05, 4.69) is 40.3 Å². The van der Waals surface area contributed by atoms with Crippen molar-refractivity contribution >= 4 is 45.0 Å². The van der Waals surface area contributed by atoms with Crippen molar-refractivity contribution in [3.05, 3.63) is 68.2 Å². The Morgan fingerprint density at radius 3 is 2.51 bits per heavy atom. The first-order valence-electron chi connectivity index (χ1n) is 12.6. The van der Waals surface area contributed by atoms with Gasteiger partial charge in [-0.25, -0.2) is 4.68 Å². The Morgan fingerprint density at radius 2 is 1.80 bits per heavy atom. The molecule has 0 spiro atoms. The van der Waals surface area contributed by atoms with Crippen LogP contribution in [0.25, 0.3) is 16.9 Å². The average Bonchev–Trinajstić information content (AvgIpc) is 3.24. The summed E-state index contributed by atoms with van der Waals surface area (Å²) in [5.74, 6) is 0.407. The quantitative estimate of drug-likeness (QED) is 0.334. The van der Waals surface area contributed by atoms with Gasteiger partial charge in [-0.05, 0) is 75.3 Å². The lowest BCUT2D eigenvalue weighted by molar-refractivity contribution is -0.124. The predicted molar refractivity (Wildman–Crippen MR) is 147 cm³/mol. The summed E-state index contributed by atoms with van der Waals surface area (Å²) in [5.41, 5.74) is 4.81. The van der Waals surface area contributed by atoms with Crippen LogP contribution >= 0.6 is 39.1 Å². The standard InChI is InChI=1S/C28H30BrCl2N3O/c1-17(18-6-3-2-4-7-18)32-28(35)23-9-5-8-22-26(23)33-34(25-15-14-21(30)16-24(25)31)27(22)19-10-12-20(29)13-11-19/h10-18,23H,2-9H2,1H3,(H,32,35)/t17-,23?/m1/s1. The molecule has 1 heterocycles. The maximum atomic E-state index is 13.6. The molecule has 1 aromatic heterocycles. The molecule has 1 N–H and O–H groups in total. The highest BCUT2D eigenvalue weighted by Gasteiger charge is 2.35. The number of hydrogen-bond acceptors (Lipinski definition) is 2. The minimum atomic E-state index is -0.258. The van der Waals surface area contributed by atoms with Crippen molar-refractivity contribution in [2.24, 2.45) is 5.92 Å². The van der Waals surface area contributed by atoms with Crippen molar-refractivity contribution < 1.29 is 4.79 Å². The van der Waals surface area contributed by atoms with Crippen LogP contribution in [0, 0.1) is 5.92 Å². The molecule has 1 unspecified atom stereocenters. The van der Waals surface area contributed by atoms with Gasteiger partial charge in [0.1, 0.15) is 0 Å². The Hall–Kier alpha value is -1.82. The fourth-order valence-electron chi connectivity index (χ4n) is 5.68. The first-order chi connectivity index (χ1) is 16.9. The van der Waals surface area contributed by atoms with Crippen molar-refractivity contribution in [3.8, 4) is 16.9 Å². The van der Waals surface area contributed by atoms with E-state index in [1.165, 1.54) is 32.1 Å². The van der Waals surface area contributed by atoms with Gasteiger partial charge in [0.05, 0.1) is 28.0 Å². The monoisotopic (exact) mass is 573 g/mol. The molecule has 5 rings (SSSR count). The Kier molecular flexibility index (Phi) is 7.57. The van der Waals surface area contributed by atoms with Gasteiger partial charge >= 0.3 is 0 Å². The zero-order chi connectivity index (χ0) is 24.5. The van der Waals surface area contributed by atoms with Crippen molar-refractivity contribution in [1.29, 1.82) is 0 Å². The fraction of sp³-hybridized carbons (Fsp3) is 0.429. The molecule has 2 aliphatic carbocycles. The van der Waals surface area contributed by atoms with E-state index < -0.39 is 0 Å². The van der Waals surface area contributed by atoms with Gasteiger partial charge in [-0.2, -0.15) is 5.10 Å². The summed E-state index contributed by atoms with van der Waals surface area (Å²) in [4.78, 5) is 13.6. The molecule has 184 valence electrons. The lowest BCUT2D eigenvalue weighted by Gasteiger charge is -2.30. The van der Waals surface area contributed by atoms with Gasteiger partial charge in [-0.15, -0.1) is 0 Å². The number of carbonyl (C=O) groups excluding carboxylic acids is 1. The van der Waals surface area contributed by atoms with Crippen molar-refractivity contribution in [1.82, 2.24) is 15.1 Å². The van der Waals surface area contributed by atoms with E-state index in [4.69, 9.17) is 28.3 Å². The van der Waals surface area contributed by atoms with Crippen LogP contribution in [0.3, 0.4) is 0 Å². The number of aromatic nitrogens is 2. The largest absolute Gasteiger partial charge is 0.353 e. The SMILES string of the molecule is C[C@@H](NC(=O)C1CCCc2c1nn(-c1ccc(Cl)cc1Cl)c2-c1ccc(Br)cc1)C1CCCCC1. The number of hydrogen-bond donors (Lipinski definition) is 1. The van der Waals surface area contributed by atoms with Crippen LogP contribution in [0.4, 0.5) is 0 Å². The molecule has 0 saturated heterocycles. The van der Waals surface area contributed by atoms with Crippen LogP contribution in [0.2, 0.25) is 10.0 Å². The third kappa shape index (κ3) is 5.19. The van der Waals surface area contributed by atoms with Crippen molar-refractivity contribution in [2.45, 2.75) is 70.3 Å². The number of carbonyl (C=O) groups is 1. The van der Waals surface area contributed by atoms with Crippen molar-refractivity contribution in [2.75, 3.05) is 0 Å². The zero-order valence-corrected chi connectivity index (χ0v) is 23.0. The summed E-state index contributed by atoms with van der Waals surface area (Å²) in [6, 6.07) is 13.9. The molecular formula is C28H30BrCl2N3O. The average molecular weight is 575 g/mol. The maximum Gasteiger partial charge on any atom is 0.229 e. The van der Waals surface area contributed by atoms with Gasteiger partial charge < -0.3 is 5.32 Å². The minimum Gasteiger partial charge on any atom is -0.353 e. The molecule has 2 aliphatic rings. The third-order valence-corrected chi connectivity index (χ3v) is 8.63. The highest BCUT2D eigenvalue weighted by Crippen LogP contribution is 2.40. The second-order valence-corrected chi connectivity index (χ2v) is 11.6. The normalized spacial score (nSPS) is 19.3. The molecule has 35 heavy (non-hydrogen) atoms. The second kappa shape index (κ2) is 10.7. The first kappa shape index (κ1) is 24.9. The van der Waals surface area contributed by atoms with Gasteiger partial charge in [0, 0.05) is 26.7 Å². The molecule has 2 atom stereocenters. The Labute approximate surface area is 225 Å². The molecule has 2 aromatic carbocycles. The van der Waals surface area contributed by atoms with Gasteiger partial charge in [0.2, 0.25) is 5.91 Å². The summed E-state index contributed by atoms with van der Waals surface area (Å²) in [6.07, 6.45) is 8.89. The first-order valence-corrected chi connectivity index (χ1v) is 14.1. The molecule has 1 amide bonds. The number of benzene rings is 2. The molecule has 0 radical (unpaired) electrons. The molecule has 0 bridgehead atoms. The number of halogens is 3. The van der Waals surface area contributed by atoms with Gasteiger partial charge in [-0.3, -0.25) is 4.79 Å². The number of nitrogens with zero attached hydrogens (tertiary/aromatic N) is 2. The third-order valence-electron chi connectivity index (χ3n) is 7.56. The number of rotatable bonds is 5. The molecular weight excluding hydrogens is 545 g/mol. The molecule has 4 nitrogen and oxygen atoms in total. The highest BCUT2D eigenvalue weighted by atomic mass is 79.9. The van der Waals surface area contributed by atoms with E-state index in [0.29, 0.717) is 16.0 Å². The van der Waals surface area contributed by atoms with Crippen LogP contribution in [0.1, 0.15) is 69.0 Å². The lowest BCUT2D eigenvalue weighted by atomic mass is 9.83. The summed E-state index contributed by atoms with van der Waals surface area (Å²) < 4.78 is 2.92. The van der Waals surface area contributed by atoms with E-state index in [1.54, 1.807) is 6.07 Å². The number of nitrogens with one attached hydrogen (secondary N) is 1. The fourth-order valence-corrected chi connectivity index (χ4v) is 6.43. The van der Waals surface area contributed by atoms with Crippen LogP contribution in [0.15, 0.2) is 46.9 Å². The van der Waals surface area contributed by atoms with Gasteiger partial charge in [0.25, 0.3) is 0 Å². The molecule has 1 fully saturated rings. The molecule has 1 saturated carbocycles. The Balaban J connectivity index is 1.54. The minimum absolute atomic E-state index is 0.0956. The maximum absolute atomic E-state index is 13.6. The molecule has 0 aliphatic heterocycles. The number of fused-ring (bicyclic) bond motifs is 1. The van der Waals surface area contributed by atoms with Gasteiger partial charge in [-0.1, -0.05) is 70.5 Å². The van der Waals surface area contributed by atoms with Crippen LogP contribution in [-0.4, -0.2) is 21.7 Å². The summed E-state index contributed by atoms with van der Waals surface area (Å²) in [7, 11) is 0.